The summed E-state index contributed by atoms with van der Waals surface area (Å²) in [7, 11) is -3.30. The van der Waals surface area contributed by atoms with Crippen LogP contribution in [0.3, 0.4) is 0 Å². The third-order valence-electron chi connectivity index (χ3n) is 4.21. The Balaban J connectivity index is 2.17. The zero-order chi connectivity index (χ0) is 15.8. The average Bonchev–Trinajstić information content (AvgIpc) is 3.00. The Morgan fingerprint density at radius 1 is 1.19 bits per heavy atom. The van der Waals surface area contributed by atoms with E-state index in [9.17, 15) is 13.2 Å². The van der Waals surface area contributed by atoms with E-state index in [2.05, 4.69) is 0 Å². The van der Waals surface area contributed by atoms with Gasteiger partial charge in [0, 0.05) is 0 Å². The van der Waals surface area contributed by atoms with Crippen molar-refractivity contribution in [3.63, 3.8) is 0 Å². The number of carbonyl (C=O) groups is 1. The van der Waals surface area contributed by atoms with Crippen molar-refractivity contribution in [2.45, 2.75) is 45.8 Å². The van der Waals surface area contributed by atoms with Crippen LogP contribution in [0.15, 0.2) is 12.1 Å². The lowest BCUT2D eigenvalue weighted by Crippen LogP contribution is -2.22. The molecule has 21 heavy (non-hydrogen) atoms. The van der Waals surface area contributed by atoms with E-state index in [4.69, 9.17) is 5.11 Å². The van der Waals surface area contributed by atoms with Crippen molar-refractivity contribution in [1.82, 2.24) is 0 Å². The van der Waals surface area contributed by atoms with Gasteiger partial charge in [-0.2, -0.15) is 0 Å². The van der Waals surface area contributed by atoms with Gasteiger partial charge in [0.15, 0.2) is 9.84 Å². The Kier molecular flexibility index (Phi) is 4.15. The molecule has 1 saturated carbocycles. The van der Waals surface area contributed by atoms with Gasteiger partial charge in [-0.15, -0.1) is 0 Å². The second-order valence-corrected chi connectivity index (χ2v) is 8.54. The average molecular weight is 310 g/mol. The van der Waals surface area contributed by atoms with E-state index in [1.54, 1.807) is 0 Å². The van der Waals surface area contributed by atoms with Gasteiger partial charge in [0.1, 0.15) is 0 Å². The number of carboxylic acid groups (broad SMARTS) is 1. The molecule has 1 aliphatic rings. The third kappa shape index (κ3) is 4.06. The standard InChI is InChI=1S/C16H22O4S/c1-11-6-12(2)14(13(3)7-11)9-21(19,20)10-16(4-5-16)8-15(17)18/h6-7H,4-5,8-10H2,1-3H3,(H,17,18). The summed E-state index contributed by atoms with van der Waals surface area (Å²) in [6.45, 7) is 5.84. The second-order valence-electron chi connectivity index (χ2n) is 6.48. The van der Waals surface area contributed by atoms with Gasteiger partial charge >= 0.3 is 5.97 Å². The maximum Gasteiger partial charge on any atom is 0.303 e. The second kappa shape index (κ2) is 5.44. The number of benzene rings is 1. The quantitative estimate of drug-likeness (QED) is 0.877. The molecule has 116 valence electrons. The van der Waals surface area contributed by atoms with Gasteiger partial charge in [0.05, 0.1) is 17.9 Å². The van der Waals surface area contributed by atoms with Crippen LogP contribution >= 0.6 is 0 Å². The number of aliphatic carboxylic acids is 1. The van der Waals surface area contributed by atoms with Crippen molar-refractivity contribution < 1.29 is 18.3 Å². The molecule has 0 bridgehead atoms. The Morgan fingerprint density at radius 2 is 1.71 bits per heavy atom. The first kappa shape index (κ1) is 16.0. The van der Waals surface area contributed by atoms with Crippen molar-refractivity contribution in [2.75, 3.05) is 5.75 Å². The van der Waals surface area contributed by atoms with Gasteiger partial charge in [-0.1, -0.05) is 17.7 Å². The smallest absolute Gasteiger partial charge is 0.303 e. The lowest BCUT2D eigenvalue weighted by Gasteiger charge is -2.15. The van der Waals surface area contributed by atoms with Gasteiger partial charge < -0.3 is 5.11 Å². The number of carboxylic acids is 1. The van der Waals surface area contributed by atoms with Crippen LogP contribution in [0.1, 0.15) is 41.5 Å². The van der Waals surface area contributed by atoms with Crippen LogP contribution in [0.2, 0.25) is 0 Å². The summed E-state index contributed by atoms with van der Waals surface area (Å²) in [6.07, 6.45) is 1.35. The first-order valence-electron chi connectivity index (χ1n) is 7.11. The largest absolute Gasteiger partial charge is 0.481 e. The lowest BCUT2D eigenvalue weighted by atomic mass is 10.0. The highest BCUT2D eigenvalue weighted by Crippen LogP contribution is 2.50. The van der Waals surface area contributed by atoms with Crippen LogP contribution in [0.4, 0.5) is 0 Å². The first-order valence-corrected chi connectivity index (χ1v) is 8.94. The van der Waals surface area contributed by atoms with E-state index in [-0.39, 0.29) is 17.9 Å². The van der Waals surface area contributed by atoms with E-state index in [0.717, 1.165) is 22.3 Å². The predicted octanol–water partition coefficient (Wildman–Crippen LogP) is 2.78. The molecule has 0 saturated heterocycles. The molecule has 1 aliphatic carbocycles. The molecule has 4 nitrogen and oxygen atoms in total. The topological polar surface area (TPSA) is 71.4 Å². The van der Waals surface area contributed by atoms with Crippen LogP contribution in [0, 0.1) is 26.2 Å². The molecular weight excluding hydrogens is 288 g/mol. The molecule has 0 spiro atoms. The van der Waals surface area contributed by atoms with Crippen molar-refractivity contribution >= 4 is 15.8 Å². The summed E-state index contributed by atoms with van der Waals surface area (Å²) in [5, 5.41) is 8.90. The Morgan fingerprint density at radius 3 is 2.14 bits per heavy atom. The van der Waals surface area contributed by atoms with Gasteiger partial charge in [0.25, 0.3) is 0 Å². The highest BCUT2D eigenvalue weighted by Gasteiger charge is 2.47. The molecule has 1 fully saturated rings. The number of rotatable bonds is 6. The molecular formula is C16H22O4S. The normalized spacial score (nSPS) is 16.7. The maximum absolute atomic E-state index is 12.4. The zero-order valence-corrected chi connectivity index (χ0v) is 13.6. The van der Waals surface area contributed by atoms with Gasteiger partial charge in [-0.25, -0.2) is 8.42 Å². The molecule has 0 unspecified atom stereocenters. The summed E-state index contributed by atoms with van der Waals surface area (Å²) in [5.74, 6) is -0.920. The number of sulfone groups is 1. The highest BCUT2D eigenvalue weighted by molar-refractivity contribution is 7.90. The summed E-state index contributed by atoms with van der Waals surface area (Å²) >= 11 is 0. The fraction of sp³-hybridized carbons (Fsp3) is 0.562. The minimum absolute atomic E-state index is 0.00627. The zero-order valence-electron chi connectivity index (χ0n) is 12.8. The van der Waals surface area contributed by atoms with Crippen LogP contribution in [-0.4, -0.2) is 25.2 Å². The molecule has 0 aliphatic heterocycles. The van der Waals surface area contributed by atoms with Crippen molar-refractivity contribution in [1.29, 1.82) is 0 Å². The predicted molar refractivity (Wildman–Crippen MR) is 82.1 cm³/mol. The summed E-state index contributed by atoms with van der Waals surface area (Å²) in [4.78, 5) is 10.8. The van der Waals surface area contributed by atoms with Crippen molar-refractivity contribution in [2.24, 2.45) is 5.41 Å². The van der Waals surface area contributed by atoms with Crippen molar-refractivity contribution in [3.8, 4) is 0 Å². The molecule has 2 rings (SSSR count). The van der Waals surface area contributed by atoms with Crippen LogP contribution in [-0.2, 0) is 20.4 Å². The van der Waals surface area contributed by atoms with E-state index >= 15 is 0 Å². The molecule has 0 amide bonds. The summed E-state index contributed by atoms with van der Waals surface area (Å²) in [6, 6.07) is 3.98. The molecule has 1 N–H and O–H groups in total. The van der Waals surface area contributed by atoms with E-state index in [1.165, 1.54) is 0 Å². The molecule has 5 heteroatoms. The molecule has 0 radical (unpaired) electrons. The Labute approximate surface area is 126 Å². The molecule has 0 aromatic heterocycles. The van der Waals surface area contributed by atoms with Crippen LogP contribution in [0.5, 0.6) is 0 Å². The van der Waals surface area contributed by atoms with E-state index < -0.39 is 21.2 Å². The number of aryl methyl sites for hydroxylation is 3. The molecule has 0 heterocycles. The molecule has 1 aromatic carbocycles. The lowest BCUT2D eigenvalue weighted by molar-refractivity contribution is -0.138. The SMILES string of the molecule is Cc1cc(C)c(CS(=O)(=O)CC2(CC(=O)O)CC2)c(C)c1. The van der Waals surface area contributed by atoms with Crippen LogP contribution in [0.25, 0.3) is 0 Å². The fourth-order valence-electron chi connectivity index (χ4n) is 3.04. The Bertz CT molecular complexity index is 647. The van der Waals surface area contributed by atoms with Crippen LogP contribution < -0.4 is 0 Å². The fourth-order valence-corrected chi connectivity index (χ4v) is 5.37. The molecule has 0 atom stereocenters. The Hall–Kier alpha value is -1.36. The number of hydrogen-bond acceptors (Lipinski definition) is 3. The monoisotopic (exact) mass is 310 g/mol. The first-order chi connectivity index (χ1) is 9.62. The summed E-state index contributed by atoms with van der Waals surface area (Å²) in [5.41, 5.74) is 3.43. The highest BCUT2D eigenvalue weighted by atomic mass is 32.2. The van der Waals surface area contributed by atoms with E-state index in [1.807, 2.05) is 32.9 Å². The summed E-state index contributed by atoms with van der Waals surface area (Å²) < 4.78 is 24.9. The van der Waals surface area contributed by atoms with Gasteiger partial charge in [-0.05, 0) is 55.7 Å². The van der Waals surface area contributed by atoms with E-state index in [0.29, 0.717) is 12.8 Å². The van der Waals surface area contributed by atoms with Gasteiger partial charge in [-0.3, -0.25) is 4.79 Å². The molecule has 1 aromatic rings. The third-order valence-corrected chi connectivity index (χ3v) is 5.99. The van der Waals surface area contributed by atoms with Gasteiger partial charge in [0.2, 0.25) is 0 Å². The maximum atomic E-state index is 12.4. The minimum atomic E-state index is -3.30. The minimum Gasteiger partial charge on any atom is -0.481 e. The number of hydrogen-bond donors (Lipinski definition) is 1. The van der Waals surface area contributed by atoms with Crippen molar-refractivity contribution in [3.05, 3.63) is 34.4 Å².